The minimum absolute atomic E-state index is 0.563. The van der Waals surface area contributed by atoms with Gasteiger partial charge >= 0.3 is 0 Å². The van der Waals surface area contributed by atoms with Gasteiger partial charge < -0.3 is 9.47 Å². The maximum Gasteiger partial charge on any atom is 0.237 e. The van der Waals surface area contributed by atoms with Crippen LogP contribution in [0.25, 0.3) is 0 Å². The van der Waals surface area contributed by atoms with Crippen molar-refractivity contribution >= 4 is 15.9 Å². The molecule has 2 rings (SSSR count). The van der Waals surface area contributed by atoms with E-state index in [1.54, 1.807) is 13.3 Å². The maximum atomic E-state index is 5.32. The number of epoxide rings is 1. The molecule has 0 aliphatic carbocycles. The molecule has 76 valence electrons. The number of hydrogen-bond donors (Lipinski definition) is 0. The molecule has 14 heavy (non-hydrogen) atoms. The van der Waals surface area contributed by atoms with Crippen LogP contribution in [0.4, 0.5) is 0 Å². The fraction of sp³-hybridized carbons (Fsp3) is 0.500. The molecule has 1 aliphatic heterocycles. The van der Waals surface area contributed by atoms with Gasteiger partial charge in [-0.25, -0.2) is 0 Å². The Morgan fingerprint density at radius 1 is 1.71 bits per heavy atom. The van der Waals surface area contributed by atoms with Crippen molar-refractivity contribution in [3.05, 3.63) is 28.0 Å². The van der Waals surface area contributed by atoms with Gasteiger partial charge in [0, 0.05) is 17.8 Å². The molecule has 1 saturated heterocycles. The molecule has 3 nitrogen and oxygen atoms in total. The highest BCUT2D eigenvalue weighted by molar-refractivity contribution is 9.10. The number of methoxy groups -OCH3 is 1. The van der Waals surface area contributed by atoms with Crippen LogP contribution in [-0.4, -0.2) is 18.7 Å². The minimum atomic E-state index is -0.563. The highest BCUT2D eigenvalue weighted by Crippen LogP contribution is 2.40. The average Bonchev–Trinajstić information content (AvgIpc) is 2.98. The standard InChI is InChI=1S/C10H12BrNO2/c1-3-7-4-8(11)5-12-9(7)10(13-2)6-14-10/h4-5H,3,6H2,1-2H3. The molecular formula is C10H12BrNO2. The SMILES string of the molecule is CCc1cc(Br)cnc1C1(OC)CO1. The smallest absolute Gasteiger partial charge is 0.237 e. The number of ether oxygens (including phenoxy) is 2. The van der Waals surface area contributed by atoms with Gasteiger partial charge in [0.1, 0.15) is 12.3 Å². The molecule has 0 spiro atoms. The van der Waals surface area contributed by atoms with Crippen LogP contribution in [0.2, 0.25) is 0 Å². The highest BCUT2D eigenvalue weighted by Gasteiger charge is 2.50. The van der Waals surface area contributed by atoms with Crippen molar-refractivity contribution in [2.75, 3.05) is 13.7 Å². The van der Waals surface area contributed by atoms with E-state index in [4.69, 9.17) is 9.47 Å². The van der Waals surface area contributed by atoms with Crippen molar-refractivity contribution in [2.45, 2.75) is 19.1 Å². The highest BCUT2D eigenvalue weighted by atomic mass is 79.9. The molecule has 0 saturated carbocycles. The lowest BCUT2D eigenvalue weighted by molar-refractivity contribution is -0.0179. The summed E-state index contributed by atoms with van der Waals surface area (Å²) >= 11 is 3.40. The fourth-order valence-electron chi connectivity index (χ4n) is 1.51. The lowest BCUT2D eigenvalue weighted by Gasteiger charge is -2.13. The van der Waals surface area contributed by atoms with E-state index in [1.165, 1.54) is 5.56 Å². The second kappa shape index (κ2) is 3.61. The van der Waals surface area contributed by atoms with E-state index in [1.807, 2.05) is 0 Å². The number of nitrogens with zero attached hydrogens (tertiary/aromatic N) is 1. The third-order valence-corrected chi connectivity index (χ3v) is 2.84. The van der Waals surface area contributed by atoms with Gasteiger partial charge in [0.15, 0.2) is 0 Å². The second-order valence-electron chi connectivity index (χ2n) is 3.26. The zero-order chi connectivity index (χ0) is 10.2. The summed E-state index contributed by atoms with van der Waals surface area (Å²) in [7, 11) is 1.65. The van der Waals surface area contributed by atoms with Crippen LogP contribution >= 0.6 is 15.9 Å². The number of halogens is 1. The molecule has 0 amide bonds. The van der Waals surface area contributed by atoms with Gasteiger partial charge in [-0.05, 0) is 34.0 Å². The first-order chi connectivity index (χ1) is 6.72. The Labute approximate surface area is 91.6 Å². The molecule has 0 bridgehead atoms. The Hall–Kier alpha value is -0.450. The van der Waals surface area contributed by atoms with Crippen LogP contribution < -0.4 is 0 Å². The number of rotatable bonds is 3. The van der Waals surface area contributed by atoms with Crippen LogP contribution in [0.5, 0.6) is 0 Å². The van der Waals surface area contributed by atoms with Crippen LogP contribution in [-0.2, 0) is 21.7 Å². The molecule has 1 aromatic heterocycles. The summed E-state index contributed by atoms with van der Waals surface area (Å²) in [5, 5.41) is 0. The number of aromatic nitrogens is 1. The molecule has 4 heteroatoms. The summed E-state index contributed by atoms with van der Waals surface area (Å²) in [6.45, 7) is 2.70. The lowest BCUT2D eigenvalue weighted by atomic mass is 10.1. The van der Waals surface area contributed by atoms with Crippen LogP contribution in [0.3, 0.4) is 0 Å². The molecule has 1 unspecified atom stereocenters. The monoisotopic (exact) mass is 257 g/mol. The molecule has 0 aromatic carbocycles. The normalized spacial score (nSPS) is 25.1. The van der Waals surface area contributed by atoms with Gasteiger partial charge in [-0.3, -0.25) is 4.98 Å². The van der Waals surface area contributed by atoms with E-state index in [9.17, 15) is 0 Å². The van der Waals surface area contributed by atoms with Crippen LogP contribution in [0, 0.1) is 0 Å². The maximum absolute atomic E-state index is 5.32. The Morgan fingerprint density at radius 2 is 2.43 bits per heavy atom. The number of hydrogen-bond acceptors (Lipinski definition) is 3. The average molecular weight is 258 g/mol. The molecule has 1 atom stereocenters. The van der Waals surface area contributed by atoms with Gasteiger partial charge in [-0.2, -0.15) is 0 Å². The summed E-state index contributed by atoms with van der Waals surface area (Å²) in [4.78, 5) is 4.36. The van der Waals surface area contributed by atoms with E-state index < -0.39 is 5.79 Å². The summed E-state index contributed by atoms with van der Waals surface area (Å²) in [5.41, 5.74) is 2.07. The summed E-state index contributed by atoms with van der Waals surface area (Å²) in [5.74, 6) is -0.563. The zero-order valence-corrected chi connectivity index (χ0v) is 9.80. The fourth-order valence-corrected chi connectivity index (χ4v) is 1.89. The van der Waals surface area contributed by atoms with E-state index in [-0.39, 0.29) is 0 Å². The van der Waals surface area contributed by atoms with Crippen molar-refractivity contribution in [1.29, 1.82) is 0 Å². The van der Waals surface area contributed by atoms with Crippen molar-refractivity contribution in [3.8, 4) is 0 Å². The molecule has 2 heterocycles. The van der Waals surface area contributed by atoms with Crippen molar-refractivity contribution in [2.24, 2.45) is 0 Å². The van der Waals surface area contributed by atoms with Gasteiger partial charge in [0.2, 0.25) is 5.79 Å². The third-order valence-electron chi connectivity index (χ3n) is 2.41. The Kier molecular flexibility index (Phi) is 2.60. The van der Waals surface area contributed by atoms with Crippen molar-refractivity contribution in [1.82, 2.24) is 4.98 Å². The Morgan fingerprint density at radius 3 is 2.93 bits per heavy atom. The first-order valence-electron chi connectivity index (χ1n) is 4.56. The largest absolute Gasteiger partial charge is 0.346 e. The third kappa shape index (κ3) is 1.58. The zero-order valence-electron chi connectivity index (χ0n) is 8.21. The molecular weight excluding hydrogens is 246 g/mol. The van der Waals surface area contributed by atoms with Gasteiger partial charge in [-0.1, -0.05) is 6.92 Å². The molecule has 1 fully saturated rings. The van der Waals surface area contributed by atoms with Gasteiger partial charge in [0.05, 0.1) is 0 Å². The minimum Gasteiger partial charge on any atom is -0.346 e. The topological polar surface area (TPSA) is 34.6 Å². The summed E-state index contributed by atoms with van der Waals surface area (Å²) in [6.07, 6.45) is 2.70. The Balaban J connectivity index is 2.42. The summed E-state index contributed by atoms with van der Waals surface area (Å²) in [6, 6.07) is 2.06. The lowest BCUT2D eigenvalue weighted by Crippen LogP contribution is -2.16. The van der Waals surface area contributed by atoms with Crippen LogP contribution in [0.1, 0.15) is 18.2 Å². The molecule has 1 aliphatic rings. The predicted octanol–water partition coefficient (Wildman–Crippen LogP) is 2.24. The van der Waals surface area contributed by atoms with Gasteiger partial charge in [-0.15, -0.1) is 0 Å². The van der Waals surface area contributed by atoms with Gasteiger partial charge in [0.25, 0.3) is 0 Å². The van der Waals surface area contributed by atoms with E-state index in [0.717, 1.165) is 16.6 Å². The second-order valence-corrected chi connectivity index (χ2v) is 4.18. The first kappa shape index (κ1) is 10.1. The van der Waals surface area contributed by atoms with Crippen molar-refractivity contribution in [3.63, 3.8) is 0 Å². The Bertz CT molecular complexity index is 350. The quantitative estimate of drug-likeness (QED) is 0.780. The van der Waals surface area contributed by atoms with E-state index in [2.05, 4.69) is 33.9 Å². The molecule has 0 radical (unpaired) electrons. The molecule has 0 N–H and O–H groups in total. The number of pyridine rings is 1. The number of aryl methyl sites for hydroxylation is 1. The predicted molar refractivity (Wildman–Crippen MR) is 56.0 cm³/mol. The summed E-state index contributed by atoms with van der Waals surface area (Å²) < 4.78 is 11.6. The van der Waals surface area contributed by atoms with Crippen molar-refractivity contribution < 1.29 is 9.47 Å². The van der Waals surface area contributed by atoms with E-state index >= 15 is 0 Å². The molecule has 1 aromatic rings. The van der Waals surface area contributed by atoms with E-state index in [0.29, 0.717) is 6.61 Å². The first-order valence-corrected chi connectivity index (χ1v) is 5.35. The van der Waals surface area contributed by atoms with Crippen LogP contribution in [0.15, 0.2) is 16.7 Å².